The second-order valence-electron chi connectivity index (χ2n) is 5.90. The number of aryl methyl sites for hydroxylation is 1. The van der Waals surface area contributed by atoms with Crippen LogP contribution in [0, 0.1) is 13.8 Å². The minimum atomic E-state index is -0.738. The van der Waals surface area contributed by atoms with Gasteiger partial charge in [-0.2, -0.15) is 0 Å². The monoisotopic (exact) mass is 391 g/mol. The fraction of sp³-hybridized carbons (Fsp3) is 0.368. The number of anilines is 1. The maximum Gasteiger partial charge on any atom is 0.344 e. The predicted octanol–water partition coefficient (Wildman–Crippen LogP) is 3.84. The van der Waals surface area contributed by atoms with Crippen molar-refractivity contribution in [3.05, 3.63) is 39.3 Å². The van der Waals surface area contributed by atoms with Gasteiger partial charge in [0.1, 0.15) is 10.6 Å². The number of rotatable bonds is 6. The van der Waals surface area contributed by atoms with Gasteiger partial charge in [-0.3, -0.25) is 0 Å². The van der Waals surface area contributed by atoms with E-state index in [9.17, 15) is 9.59 Å². The molecule has 0 amide bonds. The molecule has 8 heteroatoms. The van der Waals surface area contributed by atoms with Gasteiger partial charge in [0.05, 0.1) is 26.4 Å². The minimum Gasteiger partial charge on any atom is -0.493 e. The molecule has 7 nitrogen and oxygen atoms in total. The molecule has 0 spiro atoms. The van der Waals surface area contributed by atoms with Crippen LogP contribution in [0.3, 0.4) is 0 Å². The molecule has 2 aromatic rings. The van der Waals surface area contributed by atoms with Crippen molar-refractivity contribution in [1.82, 2.24) is 0 Å². The van der Waals surface area contributed by atoms with E-state index in [0.29, 0.717) is 33.2 Å². The van der Waals surface area contributed by atoms with E-state index in [1.54, 1.807) is 19.1 Å². The fourth-order valence-corrected chi connectivity index (χ4v) is 4.07. The number of benzene rings is 1. The van der Waals surface area contributed by atoms with E-state index in [-0.39, 0.29) is 6.61 Å². The van der Waals surface area contributed by atoms with Crippen molar-refractivity contribution >= 4 is 28.3 Å². The molecule has 0 saturated carbocycles. The number of esters is 2. The lowest BCUT2D eigenvalue weighted by atomic mass is 10.1. The highest BCUT2D eigenvalue weighted by Gasteiger charge is 2.37. The van der Waals surface area contributed by atoms with Crippen molar-refractivity contribution in [3.63, 3.8) is 0 Å². The Kier molecular flexibility index (Phi) is 5.27. The molecule has 3 rings (SSSR count). The van der Waals surface area contributed by atoms with Crippen LogP contribution in [-0.2, 0) is 9.47 Å². The molecule has 0 radical (unpaired) electrons. The standard InChI is InChI=1S/C19H21NO6S/c1-6-25-18(21)13-9(2)10(3)27-17(13)20-16-11-7-8-12(23-4)15(24-5)14(11)19(22)26-16/h7-8,16,20H,6H2,1-5H3. The number of cyclic esters (lactones) is 1. The van der Waals surface area contributed by atoms with E-state index in [4.69, 9.17) is 18.9 Å². The smallest absolute Gasteiger partial charge is 0.344 e. The number of fused-ring (bicyclic) bond motifs is 1. The molecule has 1 aromatic heterocycles. The van der Waals surface area contributed by atoms with E-state index >= 15 is 0 Å². The third-order valence-corrected chi connectivity index (χ3v) is 5.55. The molecule has 144 valence electrons. The van der Waals surface area contributed by atoms with Gasteiger partial charge in [0.2, 0.25) is 6.23 Å². The number of nitrogens with one attached hydrogen (secondary N) is 1. The van der Waals surface area contributed by atoms with Gasteiger partial charge in [0.25, 0.3) is 0 Å². The third-order valence-electron chi connectivity index (χ3n) is 4.42. The van der Waals surface area contributed by atoms with Gasteiger partial charge in [0.15, 0.2) is 11.5 Å². The second kappa shape index (κ2) is 7.48. The minimum absolute atomic E-state index is 0.283. The Morgan fingerprint density at radius 3 is 2.63 bits per heavy atom. The van der Waals surface area contributed by atoms with Crippen LogP contribution in [0.2, 0.25) is 0 Å². The summed E-state index contributed by atoms with van der Waals surface area (Å²) in [5.41, 5.74) is 2.25. The van der Waals surface area contributed by atoms with Crippen LogP contribution in [0.1, 0.15) is 49.9 Å². The number of methoxy groups -OCH3 is 2. The van der Waals surface area contributed by atoms with E-state index < -0.39 is 18.2 Å². The van der Waals surface area contributed by atoms with E-state index in [0.717, 1.165) is 10.4 Å². The summed E-state index contributed by atoms with van der Waals surface area (Å²) in [5.74, 6) is -0.142. The number of thiophene rings is 1. The number of carbonyl (C=O) groups is 2. The van der Waals surface area contributed by atoms with Crippen LogP contribution >= 0.6 is 11.3 Å². The third kappa shape index (κ3) is 3.21. The van der Waals surface area contributed by atoms with Crippen molar-refractivity contribution in [2.45, 2.75) is 27.0 Å². The zero-order valence-corrected chi connectivity index (χ0v) is 16.6. The summed E-state index contributed by atoms with van der Waals surface area (Å²) in [4.78, 5) is 25.8. The Bertz CT molecular complexity index is 904. The first-order chi connectivity index (χ1) is 12.9. The molecule has 1 aliphatic heterocycles. The van der Waals surface area contributed by atoms with Crippen molar-refractivity contribution < 1.29 is 28.5 Å². The summed E-state index contributed by atoms with van der Waals surface area (Å²) in [6, 6.07) is 3.46. The molecule has 0 bridgehead atoms. The summed E-state index contributed by atoms with van der Waals surface area (Å²) < 4.78 is 21.2. The average Bonchev–Trinajstić information content (AvgIpc) is 3.11. The molecular formula is C19H21NO6S. The molecule has 27 heavy (non-hydrogen) atoms. The maximum atomic E-state index is 12.4. The van der Waals surface area contributed by atoms with Crippen LogP contribution in [0.4, 0.5) is 5.00 Å². The topological polar surface area (TPSA) is 83.1 Å². The van der Waals surface area contributed by atoms with Gasteiger partial charge in [-0.25, -0.2) is 9.59 Å². The summed E-state index contributed by atoms with van der Waals surface area (Å²) in [6.45, 7) is 5.83. The highest BCUT2D eigenvalue weighted by Crippen LogP contribution is 2.43. The fourth-order valence-electron chi connectivity index (χ4n) is 3.00. The summed E-state index contributed by atoms with van der Waals surface area (Å²) >= 11 is 1.42. The molecule has 0 aliphatic carbocycles. The van der Waals surface area contributed by atoms with Crippen molar-refractivity contribution in [3.8, 4) is 11.5 Å². The van der Waals surface area contributed by atoms with Gasteiger partial charge < -0.3 is 24.3 Å². The highest BCUT2D eigenvalue weighted by atomic mass is 32.1. The summed E-state index contributed by atoms with van der Waals surface area (Å²) in [7, 11) is 2.97. The Balaban J connectivity index is 2.00. The van der Waals surface area contributed by atoms with Crippen molar-refractivity contribution in [2.24, 2.45) is 0 Å². The average molecular weight is 391 g/mol. The van der Waals surface area contributed by atoms with Gasteiger partial charge in [-0.15, -0.1) is 11.3 Å². The molecule has 1 aromatic carbocycles. The van der Waals surface area contributed by atoms with Crippen LogP contribution in [0.15, 0.2) is 12.1 Å². The molecule has 1 unspecified atom stereocenters. The van der Waals surface area contributed by atoms with Crippen molar-refractivity contribution in [1.29, 1.82) is 0 Å². The zero-order chi connectivity index (χ0) is 19.7. The molecule has 2 heterocycles. The lowest BCUT2D eigenvalue weighted by Crippen LogP contribution is -2.13. The number of carbonyl (C=O) groups excluding carboxylic acids is 2. The molecular weight excluding hydrogens is 370 g/mol. The number of ether oxygens (including phenoxy) is 4. The van der Waals surface area contributed by atoms with E-state index in [1.165, 1.54) is 25.6 Å². The lowest BCUT2D eigenvalue weighted by Gasteiger charge is -2.15. The highest BCUT2D eigenvalue weighted by molar-refractivity contribution is 7.16. The molecule has 1 N–H and O–H groups in total. The van der Waals surface area contributed by atoms with Crippen LogP contribution < -0.4 is 14.8 Å². The van der Waals surface area contributed by atoms with Gasteiger partial charge in [0, 0.05) is 10.4 Å². The second-order valence-corrected chi connectivity index (χ2v) is 7.13. The van der Waals surface area contributed by atoms with Crippen LogP contribution in [-0.4, -0.2) is 32.8 Å². The molecule has 0 fully saturated rings. The lowest BCUT2D eigenvalue weighted by molar-refractivity contribution is 0.0435. The molecule has 0 saturated heterocycles. The maximum absolute atomic E-state index is 12.4. The van der Waals surface area contributed by atoms with Gasteiger partial charge in [-0.1, -0.05) is 0 Å². The SMILES string of the molecule is CCOC(=O)c1c(NC2OC(=O)c3c2ccc(OC)c3OC)sc(C)c1C. The molecule has 1 atom stereocenters. The Labute approximate surface area is 161 Å². The Morgan fingerprint density at radius 2 is 2.00 bits per heavy atom. The van der Waals surface area contributed by atoms with Crippen molar-refractivity contribution in [2.75, 3.05) is 26.1 Å². The van der Waals surface area contributed by atoms with E-state index in [2.05, 4.69) is 5.32 Å². The zero-order valence-electron chi connectivity index (χ0n) is 15.8. The quantitative estimate of drug-likeness (QED) is 0.749. The molecule has 1 aliphatic rings. The first kappa shape index (κ1) is 19.0. The Hall–Kier alpha value is -2.74. The number of hydrogen-bond donors (Lipinski definition) is 1. The van der Waals surface area contributed by atoms with Crippen LogP contribution in [0.5, 0.6) is 11.5 Å². The van der Waals surface area contributed by atoms with E-state index in [1.807, 2.05) is 13.8 Å². The van der Waals surface area contributed by atoms with Gasteiger partial charge >= 0.3 is 11.9 Å². The first-order valence-corrected chi connectivity index (χ1v) is 9.24. The normalized spacial score (nSPS) is 15.1. The largest absolute Gasteiger partial charge is 0.493 e. The number of hydrogen-bond acceptors (Lipinski definition) is 8. The summed E-state index contributed by atoms with van der Waals surface area (Å²) in [6.07, 6.45) is -0.738. The van der Waals surface area contributed by atoms with Crippen LogP contribution in [0.25, 0.3) is 0 Å². The van der Waals surface area contributed by atoms with Gasteiger partial charge in [-0.05, 0) is 38.5 Å². The first-order valence-electron chi connectivity index (χ1n) is 8.42. The predicted molar refractivity (Wildman–Crippen MR) is 101 cm³/mol. The Morgan fingerprint density at radius 1 is 1.26 bits per heavy atom. The summed E-state index contributed by atoms with van der Waals surface area (Å²) in [5, 5.41) is 3.76.